The lowest BCUT2D eigenvalue weighted by Gasteiger charge is -2.31. The van der Waals surface area contributed by atoms with Gasteiger partial charge in [-0.05, 0) is 38.3 Å². The Kier molecular flexibility index (Phi) is 10.4. The van der Waals surface area contributed by atoms with Crippen LogP contribution in [0.3, 0.4) is 0 Å². The van der Waals surface area contributed by atoms with Crippen molar-refractivity contribution in [3.05, 3.63) is 98.4 Å². The van der Waals surface area contributed by atoms with Gasteiger partial charge in [0, 0.05) is 29.3 Å². The van der Waals surface area contributed by atoms with Gasteiger partial charge in [-0.3, -0.25) is 14.9 Å². The predicted molar refractivity (Wildman–Crippen MR) is 148 cm³/mol. The summed E-state index contributed by atoms with van der Waals surface area (Å²) in [6.45, 7) is 5.09. The fourth-order valence-electron chi connectivity index (χ4n) is 4.29. The van der Waals surface area contributed by atoms with E-state index in [1.165, 1.54) is 18.2 Å². The summed E-state index contributed by atoms with van der Waals surface area (Å²) in [6, 6.07) is 14.3. The molecule has 39 heavy (non-hydrogen) atoms. The zero-order valence-electron chi connectivity index (χ0n) is 22.0. The maximum Gasteiger partial charge on any atom is 0.336 e. The standard InChI is InChI=1S/C28H31N3O7S/c1-4-37-26(32)23-17(3)30-22(16-39-28(34)21(29)14-18-10-7-6-8-11-18)25(27(33)38-5-2)24(23)19-12-9-13-20(15-19)31(35)36/h6-13,15,21,24,30H,4-5,14,16,29H2,1-3H3. The minimum atomic E-state index is -1.02. The summed E-state index contributed by atoms with van der Waals surface area (Å²) in [5.41, 5.74) is 8.16. The van der Waals surface area contributed by atoms with E-state index in [1.807, 2.05) is 30.3 Å². The minimum absolute atomic E-state index is 0.0361. The first kappa shape index (κ1) is 29.6. The predicted octanol–water partition coefficient (Wildman–Crippen LogP) is 3.77. The molecule has 1 heterocycles. The van der Waals surface area contributed by atoms with Crippen LogP contribution in [0.1, 0.15) is 37.8 Å². The van der Waals surface area contributed by atoms with E-state index in [4.69, 9.17) is 15.2 Å². The molecular weight excluding hydrogens is 522 g/mol. The van der Waals surface area contributed by atoms with Gasteiger partial charge in [0.1, 0.15) is 0 Å². The van der Waals surface area contributed by atoms with Crippen molar-refractivity contribution in [1.82, 2.24) is 5.32 Å². The topological polar surface area (TPSA) is 151 Å². The molecule has 10 nitrogen and oxygen atoms in total. The number of nitrogens with two attached hydrogens (primary N) is 1. The average Bonchev–Trinajstić information content (AvgIpc) is 2.91. The molecule has 0 aromatic heterocycles. The number of non-ortho nitro benzene ring substituents is 1. The summed E-state index contributed by atoms with van der Waals surface area (Å²) in [6.07, 6.45) is 0.353. The summed E-state index contributed by atoms with van der Waals surface area (Å²) >= 11 is 0.938. The SMILES string of the molecule is CCOC(=O)C1=C(C)NC(CSC(=O)C(N)Cc2ccccc2)=C(C(=O)OCC)C1c1cccc([N+](=O)[O-])c1. The second-order valence-electron chi connectivity index (χ2n) is 8.69. The van der Waals surface area contributed by atoms with Gasteiger partial charge in [-0.2, -0.15) is 0 Å². The van der Waals surface area contributed by atoms with Crippen molar-refractivity contribution < 1.29 is 28.8 Å². The highest BCUT2D eigenvalue weighted by Crippen LogP contribution is 2.41. The van der Waals surface area contributed by atoms with Crippen LogP contribution in [-0.2, 0) is 30.3 Å². The number of hydrogen-bond acceptors (Lipinski definition) is 10. The van der Waals surface area contributed by atoms with Crippen LogP contribution in [0.5, 0.6) is 0 Å². The third-order valence-corrected chi connectivity index (χ3v) is 7.03. The Bertz CT molecular complexity index is 1310. The highest BCUT2D eigenvalue weighted by Gasteiger charge is 2.39. The Labute approximate surface area is 230 Å². The number of benzene rings is 2. The van der Waals surface area contributed by atoms with E-state index < -0.39 is 28.8 Å². The number of thioether (sulfide) groups is 1. The first-order chi connectivity index (χ1) is 18.7. The molecule has 0 bridgehead atoms. The Morgan fingerprint density at radius 2 is 1.67 bits per heavy atom. The summed E-state index contributed by atoms with van der Waals surface area (Å²) in [7, 11) is 0. The minimum Gasteiger partial charge on any atom is -0.463 e. The Balaban J connectivity index is 2.03. The number of nitrogens with zero attached hydrogens (tertiary/aromatic N) is 1. The van der Waals surface area contributed by atoms with Crippen LogP contribution in [0, 0.1) is 10.1 Å². The molecule has 3 N–H and O–H groups in total. The van der Waals surface area contributed by atoms with E-state index in [1.54, 1.807) is 26.8 Å². The summed E-state index contributed by atoms with van der Waals surface area (Å²) < 4.78 is 10.6. The molecule has 0 saturated carbocycles. The normalized spacial score (nSPS) is 15.8. The van der Waals surface area contributed by atoms with E-state index in [2.05, 4.69) is 5.32 Å². The molecule has 0 spiro atoms. The smallest absolute Gasteiger partial charge is 0.336 e. The van der Waals surface area contributed by atoms with Crippen LogP contribution in [0.25, 0.3) is 0 Å². The van der Waals surface area contributed by atoms with Gasteiger partial charge in [-0.1, -0.05) is 54.2 Å². The molecule has 2 aromatic rings. The molecule has 206 valence electrons. The molecule has 0 amide bonds. The number of nitrogens with one attached hydrogen (secondary N) is 1. The maximum absolute atomic E-state index is 13.3. The van der Waals surface area contributed by atoms with Crippen LogP contribution >= 0.6 is 11.8 Å². The van der Waals surface area contributed by atoms with Crippen LogP contribution < -0.4 is 11.1 Å². The van der Waals surface area contributed by atoms with Gasteiger partial charge in [-0.25, -0.2) is 9.59 Å². The number of nitro groups is 1. The van der Waals surface area contributed by atoms with Gasteiger partial charge in [-0.15, -0.1) is 0 Å². The number of nitro benzene ring substituents is 1. The molecule has 0 saturated heterocycles. The quantitative estimate of drug-likeness (QED) is 0.239. The number of rotatable bonds is 11. The molecule has 0 fully saturated rings. The van der Waals surface area contributed by atoms with Crippen LogP contribution in [0.15, 0.2) is 77.1 Å². The largest absolute Gasteiger partial charge is 0.463 e. The third kappa shape index (κ3) is 7.33. The average molecular weight is 554 g/mol. The molecule has 0 radical (unpaired) electrons. The molecule has 1 aliphatic rings. The Hall–Kier alpha value is -3.96. The van der Waals surface area contributed by atoms with Gasteiger partial charge in [0.15, 0.2) is 0 Å². The number of carbonyl (C=O) groups is 3. The first-order valence-corrected chi connectivity index (χ1v) is 13.4. The first-order valence-electron chi connectivity index (χ1n) is 12.4. The molecule has 0 aliphatic carbocycles. The molecule has 1 aliphatic heterocycles. The Morgan fingerprint density at radius 3 is 2.28 bits per heavy atom. The maximum atomic E-state index is 13.3. The van der Waals surface area contributed by atoms with Crippen LogP contribution in [0.4, 0.5) is 5.69 Å². The number of allylic oxidation sites excluding steroid dienone is 1. The molecular formula is C28H31N3O7S. The number of dihydropyridines is 1. The zero-order valence-corrected chi connectivity index (χ0v) is 22.8. The van der Waals surface area contributed by atoms with Crippen molar-refractivity contribution in [2.24, 2.45) is 5.73 Å². The lowest BCUT2D eigenvalue weighted by molar-refractivity contribution is -0.384. The fourth-order valence-corrected chi connectivity index (χ4v) is 5.10. The van der Waals surface area contributed by atoms with Crippen molar-refractivity contribution in [3.63, 3.8) is 0 Å². The molecule has 2 unspecified atom stereocenters. The monoisotopic (exact) mass is 553 g/mol. The summed E-state index contributed by atoms with van der Waals surface area (Å²) in [5, 5.41) is 14.3. The van der Waals surface area contributed by atoms with Crippen LogP contribution in [-0.4, -0.2) is 47.0 Å². The lowest BCUT2D eigenvalue weighted by atomic mass is 9.80. The van der Waals surface area contributed by atoms with E-state index in [-0.39, 0.29) is 40.9 Å². The highest BCUT2D eigenvalue weighted by atomic mass is 32.2. The molecule has 11 heteroatoms. The summed E-state index contributed by atoms with van der Waals surface area (Å²) in [4.78, 5) is 50.2. The van der Waals surface area contributed by atoms with Crippen molar-refractivity contribution in [3.8, 4) is 0 Å². The van der Waals surface area contributed by atoms with Gasteiger partial charge >= 0.3 is 11.9 Å². The van der Waals surface area contributed by atoms with Gasteiger partial charge < -0.3 is 20.5 Å². The van der Waals surface area contributed by atoms with E-state index in [9.17, 15) is 24.5 Å². The number of hydrogen-bond donors (Lipinski definition) is 2. The van der Waals surface area contributed by atoms with Crippen LogP contribution in [0.2, 0.25) is 0 Å². The van der Waals surface area contributed by atoms with Crippen molar-refractivity contribution in [2.75, 3.05) is 19.0 Å². The molecule has 3 rings (SSSR count). The zero-order chi connectivity index (χ0) is 28.5. The van der Waals surface area contributed by atoms with E-state index >= 15 is 0 Å². The van der Waals surface area contributed by atoms with Crippen molar-refractivity contribution in [2.45, 2.75) is 39.2 Å². The second-order valence-corrected chi connectivity index (χ2v) is 9.67. The highest BCUT2D eigenvalue weighted by molar-refractivity contribution is 8.13. The third-order valence-electron chi connectivity index (χ3n) is 6.01. The Morgan fingerprint density at radius 1 is 1.03 bits per heavy atom. The second kappa shape index (κ2) is 13.7. The number of carbonyl (C=O) groups excluding carboxylic acids is 3. The van der Waals surface area contributed by atoms with Crippen molar-refractivity contribution in [1.29, 1.82) is 0 Å². The fraction of sp³-hybridized carbons (Fsp3) is 0.321. The number of esters is 2. The lowest BCUT2D eigenvalue weighted by Crippen LogP contribution is -2.35. The van der Waals surface area contributed by atoms with Gasteiger partial charge in [0.25, 0.3) is 5.69 Å². The molecule has 2 aromatic carbocycles. The number of ether oxygens (including phenoxy) is 2. The van der Waals surface area contributed by atoms with Gasteiger partial charge in [0.2, 0.25) is 5.12 Å². The van der Waals surface area contributed by atoms with Crippen molar-refractivity contribution >= 4 is 34.5 Å². The molecule has 2 atom stereocenters. The van der Waals surface area contributed by atoms with E-state index in [0.717, 1.165) is 17.3 Å². The van der Waals surface area contributed by atoms with Gasteiger partial charge in [0.05, 0.1) is 41.2 Å². The summed E-state index contributed by atoms with van der Waals surface area (Å²) in [5.74, 6) is -2.37. The van der Waals surface area contributed by atoms with E-state index in [0.29, 0.717) is 23.4 Å².